The Hall–Kier alpha value is -0.0900. The van der Waals surface area contributed by atoms with E-state index in [4.69, 9.17) is 16.3 Å². The van der Waals surface area contributed by atoms with E-state index in [0.29, 0.717) is 6.10 Å². The number of halogens is 2. The van der Waals surface area contributed by atoms with E-state index in [2.05, 4.69) is 27.3 Å². The lowest BCUT2D eigenvalue weighted by molar-refractivity contribution is 0.0273. The van der Waals surface area contributed by atoms with E-state index in [1.165, 1.54) is 32.1 Å². The maximum atomic E-state index is 6.18. The SMILES string of the molecule is Clc1cc(Br)ccc1CNCCCOC1CCCCC1. The van der Waals surface area contributed by atoms with Crippen LogP contribution in [0.4, 0.5) is 0 Å². The third kappa shape index (κ3) is 5.72. The third-order valence-electron chi connectivity index (χ3n) is 3.73. The molecule has 0 unspecified atom stereocenters. The first-order valence-corrected chi connectivity index (χ1v) is 8.69. The highest BCUT2D eigenvalue weighted by Crippen LogP contribution is 2.21. The van der Waals surface area contributed by atoms with Crippen LogP contribution in [-0.4, -0.2) is 19.3 Å². The molecule has 4 heteroatoms. The van der Waals surface area contributed by atoms with Gasteiger partial charge in [0.15, 0.2) is 0 Å². The second-order valence-corrected chi connectivity index (χ2v) is 6.72. The Kier molecular flexibility index (Phi) is 7.36. The number of ether oxygens (including phenoxy) is 1. The van der Waals surface area contributed by atoms with Crippen LogP contribution in [0.3, 0.4) is 0 Å². The van der Waals surface area contributed by atoms with Crippen LogP contribution in [0.15, 0.2) is 22.7 Å². The van der Waals surface area contributed by atoms with E-state index in [-0.39, 0.29) is 0 Å². The largest absolute Gasteiger partial charge is 0.378 e. The molecule has 1 aromatic rings. The Labute approximate surface area is 135 Å². The summed E-state index contributed by atoms with van der Waals surface area (Å²) < 4.78 is 6.92. The zero-order valence-corrected chi connectivity index (χ0v) is 14.2. The Balaban J connectivity index is 1.55. The molecule has 0 heterocycles. The normalized spacial score (nSPS) is 16.5. The zero-order chi connectivity index (χ0) is 14.2. The summed E-state index contributed by atoms with van der Waals surface area (Å²) in [6, 6.07) is 6.01. The molecule has 112 valence electrons. The van der Waals surface area contributed by atoms with Crippen molar-refractivity contribution >= 4 is 27.5 Å². The van der Waals surface area contributed by atoms with Gasteiger partial charge in [-0.05, 0) is 43.5 Å². The summed E-state index contributed by atoms with van der Waals surface area (Å²) in [4.78, 5) is 0. The summed E-state index contributed by atoms with van der Waals surface area (Å²) in [5, 5.41) is 4.23. The van der Waals surface area contributed by atoms with Gasteiger partial charge in [0.1, 0.15) is 0 Å². The van der Waals surface area contributed by atoms with E-state index in [9.17, 15) is 0 Å². The van der Waals surface area contributed by atoms with Crippen molar-refractivity contribution < 1.29 is 4.74 Å². The monoisotopic (exact) mass is 359 g/mol. The Morgan fingerprint density at radius 1 is 1.25 bits per heavy atom. The van der Waals surface area contributed by atoms with E-state index in [1.807, 2.05) is 12.1 Å². The fourth-order valence-corrected chi connectivity index (χ4v) is 3.31. The van der Waals surface area contributed by atoms with Gasteiger partial charge in [-0.15, -0.1) is 0 Å². The summed E-state index contributed by atoms with van der Waals surface area (Å²) in [6.07, 6.45) is 8.14. The van der Waals surface area contributed by atoms with Gasteiger partial charge >= 0.3 is 0 Å². The van der Waals surface area contributed by atoms with Crippen LogP contribution in [-0.2, 0) is 11.3 Å². The molecule has 0 radical (unpaired) electrons. The summed E-state index contributed by atoms with van der Waals surface area (Å²) in [7, 11) is 0. The summed E-state index contributed by atoms with van der Waals surface area (Å²) in [5.41, 5.74) is 1.14. The third-order valence-corrected chi connectivity index (χ3v) is 4.58. The molecular weight excluding hydrogens is 338 g/mol. The summed E-state index contributed by atoms with van der Waals surface area (Å²) in [6.45, 7) is 2.65. The Bertz CT molecular complexity index is 407. The predicted octanol–water partition coefficient (Wildman–Crippen LogP) is 4.93. The quantitative estimate of drug-likeness (QED) is 0.696. The van der Waals surface area contributed by atoms with Crippen molar-refractivity contribution in [2.75, 3.05) is 13.2 Å². The molecule has 0 bridgehead atoms. The van der Waals surface area contributed by atoms with E-state index < -0.39 is 0 Å². The Morgan fingerprint density at radius 3 is 2.80 bits per heavy atom. The van der Waals surface area contributed by atoms with Gasteiger partial charge in [-0.1, -0.05) is 52.9 Å². The molecular formula is C16H23BrClNO. The first-order chi connectivity index (χ1) is 9.75. The molecule has 1 fully saturated rings. The average Bonchev–Trinajstić information content (AvgIpc) is 2.46. The van der Waals surface area contributed by atoms with Gasteiger partial charge in [-0.25, -0.2) is 0 Å². The minimum atomic E-state index is 0.518. The van der Waals surface area contributed by atoms with Gasteiger partial charge in [0.05, 0.1) is 6.10 Å². The van der Waals surface area contributed by atoms with E-state index >= 15 is 0 Å². The summed E-state index contributed by atoms with van der Waals surface area (Å²) >= 11 is 9.59. The fraction of sp³-hybridized carbons (Fsp3) is 0.625. The maximum Gasteiger partial charge on any atom is 0.0575 e. The van der Waals surface area contributed by atoms with Crippen LogP contribution in [0.2, 0.25) is 5.02 Å². The molecule has 0 aliphatic heterocycles. The van der Waals surface area contributed by atoms with Gasteiger partial charge in [-0.3, -0.25) is 0 Å². The lowest BCUT2D eigenvalue weighted by atomic mass is 9.98. The second kappa shape index (κ2) is 9.04. The first kappa shape index (κ1) is 16.3. The average molecular weight is 361 g/mol. The standard InChI is InChI=1S/C16H23BrClNO/c17-14-8-7-13(16(18)11-14)12-19-9-4-10-20-15-5-2-1-3-6-15/h7-8,11,15,19H,1-6,9-10,12H2. The minimum absolute atomic E-state index is 0.518. The molecule has 0 amide bonds. The second-order valence-electron chi connectivity index (χ2n) is 5.40. The molecule has 2 nitrogen and oxygen atoms in total. The van der Waals surface area contributed by atoms with E-state index in [0.717, 1.165) is 41.2 Å². The highest BCUT2D eigenvalue weighted by atomic mass is 79.9. The van der Waals surface area contributed by atoms with E-state index in [1.54, 1.807) is 0 Å². The van der Waals surface area contributed by atoms with Crippen molar-refractivity contribution in [3.63, 3.8) is 0 Å². The van der Waals surface area contributed by atoms with Gasteiger partial charge in [-0.2, -0.15) is 0 Å². The molecule has 0 spiro atoms. The molecule has 2 rings (SSSR count). The van der Waals surface area contributed by atoms with Crippen LogP contribution in [0.1, 0.15) is 44.1 Å². The summed E-state index contributed by atoms with van der Waals surface area (Å²) in [5.74, 6) is 0. The topological polar surface area (TPSA) is 21.3 Å². The zero-order valence-electron chi connectivity index (χ0n) is 11.8. The highest BCUT2D eigenvalue weighted by Gasteiger charge is 2.12. The molecule has 20 heavy (non-hydrogen) atoms. The molecule has 1 aromatic carbocycles. The van der Waals surface area contributed by atoms with Crippen molar-refractivity contribution in [1.29, 1.82) is 0 Å². The molecule has 0 atom stereocenters. The maximum absolute atomic E-state index is 6.18. The lowest BCUT2D eigenvalue weighted by Crippen LogP contribution is -2.20. The van der Waals surface area contributed by atoms with Gasteiger partial charge < -0.3 is 10.1 Å². The van der Waals surface area contributed by atoms with Crippen LogP contribution < -0.4 is 5.32 Å². The van der Waals surface area contributed by atoms with Crippen molar-refractivity contribution in [2.45, 2.75) is 51.2 Å². The van der Waals surface area contributed by atoms with Crippen molar-refractivity contribution in [3.05, 3.63) is 33.3 Å². The van der Waals surface area contributed by atoms with Crippen LogP contribution in [0.25, 0.3) is 0 Å². The molecule has 1 aliphatic rings. The predicted molar refractivity (Wildman–Crippen MR) is 88.3 cm³/mol. The molecule has 1 aliphatic carbocycles. The highest BCUT2D eigenvalue weighted by molar-refractivity contribution is 9.10. The van der Waals surface area contributed by atoms with Gasteiger partial charge in [0, 0.05) is 22.6 Å². The fourth-order valence-electron chi connectivity index (χ4n) is 2.57. The molecule has 1 N–H and O–H groups in total. The molecule has 0 saturated heterocycles. The van der Waals surface area contributed by atoms with Crippen molar-refractivity contribution in [2.24, 2.45) is 0 Å². The van der Waals surface area contributed by atoms with Crippen LogP contribution in [0, 0.1) is 0 Å². The van der Waals surface area contributed by atoms with Gasteiger partial charge in [0.25, 0.3) is 0 Å². The number of benzene rings is 1. The Morgan fingerprint density at radius 2 is 2.05 bits per heavy atom. The smallest absolute Gasteiger partial charge is 0.0575 e. The molecule has 1 saturated carbocycles. The number of nitrogens with one attached hydrogen (secondary N) is 1. The van der Waals surface area contributed by atoms with Crippen LogP contribution in [0.5, 0.6) is 0 Å². The first-order valence-electron chi connectivity index (χ1n) is 7.52. The van der Waals surface area contributed by atoms with Crippen molar-refractivity contribution in [1.82, 2.24) is 5.32 Å². The van der Waals surface area contributed by atoms with Gasteiger partial charge in [0.2, 0.25) is 0 Å². The number of hydrogen-bond donors (Lipinski definition) is 1. The number of rotatable bonds is 7. The minimum Gasteiger partial charge on any atom is -0.378 e. The van der Waals surface area contributed by atoms with Crippen molar-refractivity contribution in [3.8, 4) is 0 Å². The lowest BCUT2D eigenvalue weighted by Gasteiger charge is -2.21. The number of hydrogen-bond acceptors (Lipinski definition) is 2. The van der Waals surface area contributed by atoms with Crippen LogP contribution >= 0.6 is 27.5 Å². The molecule has 0 aromatic heterocycles.